The summed E-state index contributed by atoms with van der Waals surface area (Å²) in [4.78, 5) is 11.9. The van der Waals surface area contributed by atoms with Crippen LogP contribution in [0.5, 0.6) is 0 Å². The van der Waals surface area contributed by atoms with Gasteiger partial charge in [-0.1, -0.05) is 101 Å². The fourth-order valence-electron chi connectivity index (χ4n) is 2.36. The summed E-state index contributed by atoms with van der Waals surface area (Å²) in [6, 6.07) is 16.5. The molecule has 24 heavy (non-hydrogen) atoms. The molecule has 0 bridgehead atoms. The van der Waals surface area contributed by atoms with Crippen LogP contribution in [0.4, 0.5) is 0 Å². The lowest BCUT2D eigenvalue weighted by atomic mass is 9.87. The topological polar surface area (TPSA) is 20.2 Å². The van der Waals surface area contributed by atoms with Crippen molar-refractivity contribution < 1.29 is 4.89 Å². The van der Waals surface area contributed by atoms with Gasteiger partial charge in [-0.05, 0) is 34.1 Å². The van der Waals surface area contributed by atoms with Crippen molar-refractivity contribution in [3.05, 3.63) is 59.7 Å². The summed E-state index contributed by atoms with van der Waals surface area (Å²) in [5.74, 6) is 0. The Hall–Kier alpha value is -0.600. The van der Waals surface area contributed by atoms with Gasteiger partial charge in [0.15, 0.2) is 5.47 Å². The molecule has 0 aromatic heterocycles. The molecule has 0 aliphatic heterocycles. The van der Waals surface area contributed by atoms with Gasteiger partial charge in [-0.25, -0.2) is 0 Å². The Balaban J connectivity index is 2.20. The lowest BCUT2D eigenvalue weighted by Crippen LogP contribution is -2.12. The maximum atomic E-state index is 10.9. The van der Waals surface area contributed by atoms with Gasteiger partial charge >= 0.3 is 0 Å². The van der Waals surface area contributed by atoms with Gasteiger partial charge in [-0.3, -0.25) is 0 Å². The largest absolute Gasteiger partial charge is 0.354 e. The lowest BCUT2D eigenvalue weighted by molar-refractivity contribution is 0.589. The van der Waals surface area contributed by atoms with Crippen LogP contribution in [0.1, 0.15) is 52.7 Å². The Morgan fingerprint density at radius 1 is 0.750 bits per heavy atom. The van der Waals surface area contributed by atoms with Crippen molar-refractivity contribution in [1.29, 1.82) is 0 Å². The molecule has 0 saturated carbocycles. The first-order valence-corrected chi connectivity index (χ1v) is 12.3. The molecule has 0 fully saturated rings. The number of rotatable bonds is 3. The number of benzene rings is 2. The average Bonchev–Trinajstić information content (AvgIpc) is 2.46. The zero-order valence-electron chi connectivity index (χ0n) is 15.3. The predicted octanol–water partition coefficient (Wildman–Crippen LogP) is 6.00. The third kappa shape index (κ3) is 4.95. The molecule has 0 saturated heterocycles. The van der Waals surface area contributed by atoms with E-state index in [4.69, 9.17) is 11.8 Å². The summed E-state index contributed by atoms with van der Waals surface area (Å²) in [5.41, 5.74) is 0.125. The minimum atomic E-state index is -2.64. The minimum absolute atomic E-state index is 0.104. The van der Waals surface area contributed by atoms with E-state index in [1.54, 1.807) is 0 Å². The van der Waals surface area contributed by atoms with Crippen molar-refractivity contribution in [3.63, 3.8) is 0 Å². The van der Waals surface area contributed by atoms with Gasteiger partial charge < -0.3 is 4.89 Å². The van der Waals surface area contributed by atoms with Crippen molar-refractivity contribution >= 4 is 34.0 Å². The molecule has 0 aliphatic rings. The highest BCUT2D eigenvalue weighted by molar-refractivity contribution is 8.71. The van der Waals surface area contributed by atoms with Crippen LogP contribution < -0.4 is 5.30 Å². The maximum Gasteiger partial charge on any atom is 0.150 e. The first-order valence-electron chi connectivity index (χ1n) is 8.14. The molecule has 0 aliphatic carbocycles. The minimum Gasteiger partial charge on any atom is -0.354 e. The van der Waals surface area contributed by atoms with Crippen molar-refractivity contribution in [2.45, 2.75) is 57.3 Å². The highest BCUT2D eigenvalue weighted by Gasteiger charge is 2.21. The molecule has 130 valence electrons. The van der Waals surface area contributed by atoms with Crippen LogP contribution in [-0.4, -0.2) is 4.89 Å². The second-order valence-corrected chi connectivity index (χ2v) is 14.8. The Morgan fingerprint density at radius 2 is 1.12 bits per heavy atom. The first kappa shape index (κ1) is 19.7. The molecule has 2 aromatic carbocycles. The third-order valence-electron chi connectivity index (χ3n) is 4.01. The molecule has 0 spiro atoms. The van der Waals surface area contributed by atoms with E-state index in [-0.39, 0.29) is 10.8 Å². The Bertz CT molecular complexity index is 735. The smallest absolute Gasteiger partial charge is 0.150 e. The molecule has 0 heterocycles. The summed E-state index contributed by atoms with van der Waals surface area (Å²) in [6.45, 7) is 13.1. The van der Waals surface area contributed by atoms with Gasteiger partial charge in [0, 0.05) is 10.2 Å². The third-order valence-corrected chi connectivity index (χ3v) is 9.00. The Kier molecular flexibility index (Phi) is 5.72. The fraction of sp³-hybridized carbons (Fsp3) is 0.400. The molecule has 1 atom stereocenters. The monoisotopic (exact) mass is 378 g/mol. The zero-order valence-corrected chi connectivity index (χ0v) is 17.9. The lowest BCUT2D eigenvalue weighted by Gasteiger charge is -2.21. The fourth-order valence-corrected chi connectivity index (χ4v) is 6.58. The molecule has 0 radical (unpaired) electrons. The Morgan fingerprint density at radius 3 is 1.50 bits per heavy atom. The standard InChI is InChI=1S/C20H27OPS2/c1-19(2,3)15-7-11-17(12-8-15)22(21,23)24-18-13-9-16(10-14-18)20(4,5)6/h7-14H,1-6H3,(H,21,23). The van der Waals surface area contributed by atoms with E-state index in [1.165, 1.54) is 22.5 Å². The van der Waals surface area contributed by atoms with Gasteiger partial charge in [0.1, 0.15) is 0 Å². The number of hydrogen-bond donors (Lipinski definition) is 1. The van der Waals surface area contributed by atoms with Gasteiger partial charge in [0.25, 0.3) is 0 Å². The van der Waals surface area contributed by atoms with Crippen molar-refractivity contribution in [1.82, 2.24) is 0 Å². The van der Waals surface area contributed by atoms with E-state index in [0.29, 0.717) is 0 Å². The van der Waals surface area contributed by atoms with E-state index >= 15 is 0 Å². The second-order valence-electron chi connectivity index (χ2n) is 8.18. The normalized spacial score (nSPS) is 15.1. The highest BCUT2D eigenvalue weighted by Crippen LogP contribution is 2.57. The van der Waals surface area contributed by atoms with Crippen LogP contribution in [-0.2, 0) is 22.6 Å². The van der Waals surface area contributed by atoms with Crippen LogP contribution >= 0.6 is 16.8 Å². The molecule has 1 N–H and O–H groups in total. The van der Waals surface area contributed by atoms with E-state index < -0.39 is 5.47 Å². The molecule has 0 amide bonds. The van der Waals surface area contributed by atoms with Gasteiger partial charge in [-0.2, -0.15) is 0 Å². The molecule has 4 heteroatoms. The van der Waals surface area contributed by atoms with Crippen LogP contribution in [0.15, 0.2) is 53.4 Å². The summed E-state index contributed by atoms with van der Waals surface area (Å²) in [5, 5.41) is 0.857. The van der Waals surface area contributed by atoms with Crippen molar-refractivity contribution in [3.8, 4) is 0 Å². The van der Waals surface area contributed by atoms with Crippen molar-refractivity contribution in [2.75, 3.05) is 0 Å². The molecular formula is C20H27OPS2. The molecule has 1 unspecified atom stereocenters. The van der Waals surface area contributed by atoms with Gasteiger partial charge in [0.05, 0.1) is 0 Å². The zero-order chi connectivity index (χ0) is 18.2. The Labute approximate surface area is 155 Å². The molecule has 2 rings (SSSR count). The van der Waals surface area contributed by atoms with Crippen LogP contribution in [0.25, 0.3) is 0 Å². The summed E-state index contributed by atoms with van der Waals surface area (Å²) in [7, 11) is 0. The van der Waals surface area contributed by atoms with E-state index in [0.717, 1.165) is 10.2 Å². The molecule has 1 nitrogen and oxygen atoms in total. The quantitative estimate of drug-likeness (QED) is 0.661. The highest BCUT2D eigenvalue weighted by atomic mass is 32.9. The van der Waals surface area contributed by atoms with E-state index in [9.17, 15) is 4.89 Å². The second kappa shape index (κ2) is 6.96. The van der Waals surface area contributed by atoms with Crippen LogP contribution in [0.3, 0.4) is 0 Å². The average molecular weight is 379 g/mol. The van der Waals surface area contributed by atoms with Crippen LogP contribution in [0, 0.1) is 0 Å². The first-order chi connectivity index (χ1) is 10.9. The SMILES string of the molecule is CC(C)(C)c1ccc(SP(O)(=S)c2ccc(C(C)(C)C)cc2)cc1. The van der Waals surface area contributed by atoms with Crippen molar-refractivity contribution in [2.24, 2.45) is 0 Å². The molecule has 2 aromatic rings. The van der Waals surface area contributed by atoms with E-state index in [2.05, 4.69) is 77.9 Å². The van der Waals surface area contributed by atoms with Gasteiger partial charge in [-0.15, -0.1) is 0 Å². The summed E-state index contributed by atoms with van der Waals surface area (Å²) >= 11 is 6.98. The number of hydrogen-bond acceptors (Lipinski definition) is 2. The molecular weight excluding hydrogens is 351 g/mol. The van der Waals surface area contributed by atoms with Crippen LogP contribution in [0.2, 0.25) is 0 Å². The van der Waals surface area contributed by atoms with E-state index in [1.807, 2.05) is 12.1 Å². The maximum absolute atomic E-state index is 10.9. The summed E-state index contributed by atoms with van der Waals surface area (Å²) in [6.07, 6.45) is 0. The predicted molar refractivity (Wildman–Crippen MR) is 112 cm³/mol. The summed E-state index contributed by atoms with van der Waals surface area (Å²) < 4.78 is 0. The van der Waals surface area contributed by atoms with Gasteiger partial charge in [0.2, 0.25) is 0 Å².